The minimum absolute atomic E-state index is 0.430. The molecule has 1 aromatic carbocycles. The monoisotopic (exact) mass is 332 g/mol. The van der Waals surface area contributed by atoms with E-state index in [2.05, 4.69) is 6.92 Å². The Balaban J connectivity index is 1.34. The zero-order valence-electron chi connectivity index (χ0n) is 14.8. The first-order chi connectivity index (χ1) is 11.6. The van der Waals surface area contributed by atoms with Crippen molar-refractivity contribution in [2.45, 2.75) is 70.6 Å². The van der Waals surface area contributed by atoms with Crippen LogP contribution in [-0.2, 0) is 0 Å². The largest absolute Gasteiger partial charge is 0.204 e. The summed E-state index contributed by atoms with van der Waals surface area (Å²) in [5.41, 5.74) is 1.00. The van der Waals surface area contributed by atoms with Gasteiger partial charge in [-0.3, -0.25) is 0 Å². The fourth-order valence-electron chi connectivity index (χ4n) is 6.21. The second kappa shape index (κ2) is 6.77. The van der Waals surface area contributed by atoms with E-state index in [4.69, 9.17) is 0 Å². The summed E-state index contributed by atoms with van der Waals surface area (Å²) < 4.78 is 26.6. The van der Waals surface area contributed by atoms with Crippen molar-refractivity contribution in [2.24, 2.45) is 29.6 Å². The first-order valence-corrected chi connectivity index (χ1v) is 10.0. The van der Waals surface area contributed by atoms with E-state index in [1.807, 2.05) is 0 Å². The molecule has 0 spiro atoms. The van der Waals surface area contributed by atoms with Crippen LogP contribution >= 0.6 is 0 Å². The van der Waals surface area contributed by atoms with E-state index >= 15 is 0 Å². The molecule has 3 aliphatic carbocycles. The Labute approximate surface area is 145 Å². The van der Waals surface area contributed by atoms with Crippen molar-refractivity contribution in [3.05, 3.63) is 35.4 Å². The molecule has 0 saturated heterocycles. The van der Waals surface area contributed by atoms with Crippen molar-refractivity contribution in [3.63, 3.8) is 0 Å². The zero-order valence-corrected chi connectivity index (χ0v) is 14.8. The maximum absolute atomic E-state index is 13.5. The highest BCUT2D eigenvalue weighted by molar-refractivity contribution is 5.22. The Bertz CT molecular complexity index is 573. The van der Waals surface area contributed by atoms with Crippen LogP contribution in [-0.4, -0.2) is 0 Å². The molecular weight excluding hydrogens is 302 g/mol. The molecule has 1 aromatic rings. The molecule has 0 nitrogen and oxygen atoms in total. The summed E-state index contributed by atoms with van der Waals surface area (Å²) in [6, 6.07) is 4.50. The molecule has 0 radical (unpaired) electrons. The van der Waals surface area contributed by atoms with Crippen LogP contribution in [0.2, 0.25) is 0 Å². The molecule has 0 aromatic heterocycles. The van der Waals surface area contributed by atoms with E-state index < -0.39 is 11.6 Å². The predicted octanol–water partition coefficient (Wildman–Crippen LogP) is 6.70. The molecule has 0 amide bonds. The third kappa shape index (κ3) is 3.26. The van der Waals surface area contributed by atoms with Crippen molar-refractivity contribution in [1.29, 1.82) is 0 Å². The van der Waals surface area contributed by atoms with Gasteiger partial charge in [0.1, 0.15) is 0 Å². The van der Waals surface area contributed by atoms with E-state index in [0.717, 1.165) is 48.0 Å². The predicted molar refractivity (Wildman–Crippen MR) is 93.8 cm³/mol. The van der Waals surface area contributed by atoms with Gasteiger partial charge in [-0.25, -0.2) is 8.78 Å². The second-order valence-electron chi connectivity index (χ2n) is 8.96. The number of halogens is 2. The minimum Gasteiger partial charge on any atom is -0.204 e. The Morgan fingerprint density at radius 3 is 2.04 bits per heavy atom. The summed E-state index contributed by atoms with van der Waals surface area (Å²) in [7, 11) is 0. The SMILES string of the molecule is CC1CC2CCC(C3CCC(c4ccc(F)c(F)c4)CC3)CC2C1. The van der Waals surface area contributed by atoms with Crippen LogP contribution < -0.4 is 0 Å². The summed E-state index contributed by atoms with van der Waals surface area (Å²) >= 11 is 0. The molecule has 3 fully saturated rings. The van der Waals surface area contributed by atoms with Gasteiger partial charge in [0.25, 0.3) is 0 Å². The standard InChI is InChI=1S/C22H30F2/c1-14-10-17-6-7-18(12-20(17)11-14)15-2-4-16(5-3-15)19-8-9-21(23)22(24)13-19/h8-9,13-18,20H,2-7,10-12H2,1H3. The zero-order chi connectivity index (χ0) is 16.7. The lowest BCUT2D eigenvalue weighted by Gasteiger charge is -2.39. The molecule has 0 bridgehead atoms. The molecular formula is C22H30F2. The van der Waals surface area contributed by atoms with Crippen molar-refractivity contribution < 1.29 is 8.78 Å². The highest BCUT2D eigenvalue weighted by Gasteiger charge is 2.39. The molecule has 4 rings (SSSR count). The smallest absolute Gasteiger partial charge is 0.159 e. The number of benzene rings is 1. The minimum atomic E-state index is -0.727. The van der Waals surface area contributed by atoms with Gasteiger partial charge in [-0.15, -0.1) is 0 Å². The van der Waals surface area contributed by atoms with Gasteiger partial charge in [0.05, 0.1) is 0 Å². The van der Waals surface area contributed by atoms with Crippen molar-refractivity contribution in [2.75, 3.05) is 0 Å². The van der Waals surface area contributed by atoms with E-state index in [-0.39, 0.29) is 0 Å². The first kappa shape index (κ1) is 16.5. The molecule has 0 aliphatic heterocycles. The lowest BCUT2D eigenvalue weighted by Crippen LogP contribution is -2.28. The van der Waals surface area contributed by atoms with E-state index in [0.29, 0.717) is 5.92 Å². The molecule has 3 aliphatic rings. The van der Waals surface area contributed by atoms with Gasteiger partial charge in [-0.2, -0.15) is 0 Å². The van der Waals surface area contributed by atoms with Crippen molar-refractivity contribution >= 4 is 0 Å². The summed E-state index contributed by atoms with van der Waals surface area (Å²) in [5.74, 6) is 3.80. The quantitative estimate of drug-likeness (QED) is 0.565. The topological polar surface area (TPSA) is 0 Å². The molecule has 0 N–H and O–H groups in total. The average Bonchev–Trinajstić information content (AvgIpc) is 2.96. The van der Waals surface area contributed by atoms with Crippen molar-refractivity contribution in [3.8, 4) is 0 Å². The number of hydrogen-bond acceptors (Lipinski definition) is 0. The fraction of sp³-hybridized carbons (Fsp3) is 0.727. The summed E-state index contributed by atoms with van der Waals surface area (Å²) in [4.78, 5) is 0. The van der Waals surface area contributed by atoms with Crippen LogP contribution in [0.1, 0.15) is 76.2 Å². The van der Waals surface area contributed by atoms with Gasteiger partial charge >= 0.3 is 0 Å². The van der Waals surface area contributed by atoms with Crippen LogP contribution in [0.4, 0.5) is 8.78 Å². The van der Waals surface area contributed by atoms with Gasteiger partial charge in [0, 0.05) is 0 Å². The maximum Gasteiger partial charge on any atom is 0.159 e. The lowest BCUT2D eigenvalue weighted by atomic mass is 9.66. The van der Waals surface area contributed by atoms with Gasteiger partial charge in [-0.05, 0) is 111 Å². The number of rotatable bonds is 2. The highest BCUT2D eigenvalue weighted by atomic mass is 19.2. The maximum atomic E-state index is 13.5. The van der Waals surface area contributed by atoms with Gasteiger partial charge < -0.3 is 0 Å². The number of fused-ring (bicyclic) bond motifs is 1. The van der Waals surface area contributed by atoms with Gasteiger partial charge in [-0.1, -0.05) is 13.0 Å². The Kier molecular flexibility index (Phi) is 4.66. The average molecular weight is 332 g/mol. The van der Waals surface area contributed by atoms with Crippen LogP contribution in [0.25, 0.3) is 0 Å². The molecule has 0 heterocycles. The fourth-order valence-corrected chi connectivity index (χ4v) is 6.21. The van der Waals surface area contributed by atoms with Crippen LogP contribution in [0, 0.1) is 41.2 Å². The van der Waals surface area contributed by atoms with Crippen molar-refractivity contribution in [1.82, 2.24) is 0 Å². The van der Waals surface area contributed by atoms with Crippen LogP contribution in [0.3, 0.4) is 0 Å². The van der Waals surface area contributed by atoms with Gasteiger partial charge in [0.15, 0.2) is 11.6 Å². The summed E-state index contributed by atoms with van der Waals surface area (Å²) in [6.45, 7) is 2.43. The highest BCUT2D eigenvalue weighted by Crippen LogP contribution is 2.51. The van der Waals surface area contributed by atoms with Crippen LogP contribution in [0.15, 0.2) is 18.2 Å². The summed E-state index contributed by atoms with van der Waals surface area (Å²) in [6.07, 6.45) is 12.2. The normalized spacial score (nSPS) is 39.6. The molecule has 4 atom stereocenters. The third-order valence-electron chi connectivity index (χ3n) is 7.44. The summed E-state index contributed by atoms with van der Waals surface area (Å²) in [5, 5.41) is 0. The molecule has 4 unspecified atom stereocenters. The van der Waals surface area contributed by atoms with E-state index in [9.17, 15) is 8.78 Å². The second-order valence-corrected chi connectivity index (χ2v) is 8.96. The first-order valence-electron chi connectivity index (χ1n) is 10.0. The molecule has 3 saturated carbocycles. The van der Waals surface area contributed by atoms with E-state index in [1.54, 1.807) is 6.07 Å². The molecule has 24 heavy (non-hydrogen) atoms. The Hall–Kier alpha value is -0.920. The van der Waals surface area contributed by atoms with Gasteiger partial charge in [0.2, 0.25) is 0 Å². The van der Waals surface area contributed by atoms with E-state index in [1.165, 1.54) is 57.1 Å². The Morgan fingerprint density at radius 2 is 1.33 bits per heavy atom. The Morgan fingerprint density at radius 1 is 0.708 bits per heavy atom. The molecule has 132 valence electrons. The number of hydrogen-bond donors (Lipinski definition) is 0. The third-order valence-corrected chi connectivity index (χ3v) is 7.44. The van der Waals surface area contributed by atoms with Crippen LogP contribution in [0.5, 0.6) is 0 Å². The molecule has 2 heteroatoms. The lowest BCUT2D eigenvalue weighted by molar-refractivity contribution is 0.126.